The molecule has 0 heterocycles. The fourth-order valence-corrected chi connectivity index (χ4v) is 2.33. The average Bonchev–Trinajstić information content (AvgIpc) is 2.66. The molecule has 9 heteroatoms. The Hall–Kier alpha value is -2.26. The molecule has 1 atom stereocenters. The van der Waals surface area contributed by atoms with Gasteiger partial charge in [-0.25, -0.2) is 4.79 Å². The Bertz CT molecular complexity index is 598. The van der Waals surface area contributed by atoms with Crippen molar-refractivity contribution in [3.05, 3.63) is 35.9 Å². The van der Waals surface area contributed by atoms with Gasteiger partial charge < -0.3 is 25.6 Å². The van der Waals surface area contributed by atoms with Crippen molar-refractivity contribution in [2.24, 2.45) is 0 Å². The molecule has 3 N–H and O–H groups in total. The number of hydrogen-bond donors (Lipinski definition) is 4. The fraction of sp³-hybridized carbons (Fsp3) is 0.500. The number of nitrogens with zero attached hydrogens (tertiary/aromatic N) is 1. The molecular weight excluding hydrogens is 368 g/mol. The lowest BCUT2D eigenvalue weighted by Crippen LogP contribution is -2.50. The van der Waals surface area contributed by atoms with Gasteiger partial charge in [0.25, 0.3) is 0 Å². The van der Waals surface area contributed by atoms with Crippen LogP contribution in [0, 0.1) is 0 Å². The molecule has 0 spiro atoms. The number of nitrogens with one attached hydrogen (secondary N) is 3. The Balaban J connectivity index is 2.28. The first-order valence-electron chi connectivity index (χ1n) is 8.69. The molecule has 1 rings (SSSR count). The number of hydrogen-bond acceptors (Lipinski definition) is 6. The van der Waals surface area contributed by atoms with Gasteiger partial charge in [0.15, 0.2) is 0 Å². The molecular formula is C18H28N4O4S. The third-order valence-corrected chi connectivity index (χ3v) is 3.90. The first-order chi connectivity index (χ1) is 12.9. The van der Waals surface area contributed by atoms with Crippen molar-refractivity contribution in [1.29, 1.82) is 0 Å². The fourth-order valence-electron chi connectivity index (χ4n) is 2.08. The van der Waals surface area contributed by atoms with E-state index in [0.717, 1.165) is 18.5 Å². The highest BCUT2D eigenvalue weighted by molar-refractivity contribution is 7.80. The Morgan fingerprint density at radius 3 is 2.48 bits per heavy atom. The summed E-state index contributed by atoms with van der Waals surface area (Å²) in [7, 11) is 3.91. The van der Waals surface area contributed by atoms with Crippen molar-refractivity contribution in [3.8, 4) is 0 Å². The zero-order chi connectivity index (χ0) is 20.1. The standard InChI is InChI=1S/C18H28N4O4S/c1-22(2)10-6-9-19-16(23)11-20-17(24)15(13-27)21-18(25)26-12-14-7-4-3-5-8-14/h3-5,7-8,15,27H,6,9-13H2,1-2H3,(H,19,23)(H,20,24)(H,21,25)/t15-/m0/s1. The molecule has 1 aromatic rings. The van der Waals surface area contributed by atoms with E-state index in [9.17, 15) is 14.4 Å². The summed E-state index contributed by atoms with van der Waals surface area (Å²) in [5.41, 5.74) is 0.838. The van der Waals surface area contributed by atoms with Crippen LogP contribution in [0.4, 0.5) is 4.79 Å². The third kappa shape index (κ3) is 10.5. The molecule has 0 saturated carbocycles. The summed E-state index contributed by atoms with van der Waals surface area (Å²) in [6.45, 7) is 1.34. The maximum Gasteiger partial charge on any atom is 0.408 e. The summed E-state index contributed by atoms with van der Waals surface area (Å²) in [5.74, 6) is -0.701. The van der Waals surface area contributed by atoms with Crippen LogP contribution in [0.1, 0.15) is 12.0 Å². The van der Waals surface area contributed by atoms with E-state index in [1.165, 1.54) is 0 Å². The molecule has 0 aliphatic carbocycles. The number of carbonyl (C=O) groups is 3. The summed E-state index contributed by atoms with van der Waals surface area (Å²) in [6.07, 6.45) is 0.0991. The second kappa shape index (κ2) is 13.0. The van der Waals surface area contributed by atoms with Gasteiger partial charge in [-0.15, -0.1) is 0 Å². The number of carbonyl (C=O) groups excluding carboxylic acids is 3. The molecule has 150 valence electrons. The molecule has 8 nitrogen and oxygen atoms in total. The third-order valence-electron chi connectivity index (χ3n) is 3.53. The van der Waals surface area contributed by atoms with Crippen molar-refractivity contribution in [1.82, 2.24) is 20.9 Å². The second-order valence-electron chi connectivity index (χ2n) is 6.17. The first-order valence-corrected chi connectivity index (χ1v) is 9.33. The zero-order valence-electron chi connectivity index (χ0n) is 15.7. The Morgan fingerprint density at radius 1 is 1.15 bits per heavy atom. The highest BCUT2D eigenvalue weighted by Gasteiger charge is 2.20. The van der Waals surface area contributed by atoms with Crippen molar-refractivity contribution >= 4 is 30.5 Å². The minimum absolute atomic E-state index is 0.0801. The van der Waals surface area contributed by atoms with Crippen LogP contribution in [0.25, 0.3) is 0 Å². The number of rotatable bonds is 11. The van der Waals surface area contributed by atoms with Crippen molar-refractivity contribution in [2.45, 2.75) is 19.1 Å². The van der Waals surface area contributed by atoms with Crippen LogP contribution >= 0.6 is 12.6 Å². The molecule has 3 amide bonds. The summed E-state index contributed by atoms with van der Waals surface area (Å²) in [4.78, 5) is 37.7. The maximum absolute atomic E-state index is 12.1. The highest BCUT2D eigenvalue weighted by Crippen LogP contribution is 2.01. The average molecular weight is 397 g/mol. The monoisotopic (exact) mass is 396 g/mol. The minimum atomic E-state index is -0.891. The van der Waals surface area contributed by atoms with Crippen LogP contribution in [-0.2, 0) is 20.9 Å². The minimum Gasteiger partial charge on any atom is -0.445 e. The van der Waals surface area contributed by atoms with Gasteiger partial charge in [0.05, 0.1) is 6.54 Å². The zero-order valence-corrected chi connectivity index (χ0v) is 16.6. The van der Waals surface area contributed by atoms with Crippen LogP contribution in [0.5, 0.6) is 0 Å². The molecule has 0 aliphatic heterocycles. The Morgan fingerprint density at radius 2 is 1.85 bits per heavy atom. The number of ether oxygens (including phenoxy) is 1. The molecule has 0 aliphatic rings. The summed E-state index contributed by atoms with van der Waals surface area (Å²) in [5, 5.41) is 7.64. The molecule has 1 aromatic carbocycles. The Kier molecular flexibility index (Phi) is 11.0. The second-order valence-corrected chi connectivity index (χ2v) is 6.53. The van der Waals surface area contributed by atoms with Gasteiger partial charge in [-0.3, -0.25) is 9.59 Å². The van der Waals surface area contributed by atoms with Gasteiger partial charge in [0, 0.05) is 12.3 Å². The Labute approximate surface area is 165 Å². The smallest absolute Gasteiger partial charge is 0.408 e. The molecule has 0 unspecified atom stereocenters. The molecule has 0 bridgehead atoms. The van der Waals surface area contributed by atoms with Crippen LogP contribution in [-0.4, -0.2) is 68.3 Å². The van der Waals surface area contributed by atoms with E-state index in [0.29, 0.717) is 6.54 Å². The van der Waals surface area contributed by atoms with Gasteiger partial charge in [0.1, 0.15) is 12.6 Å². The van der Waals surface area contributed by atoms with Gasteiger partial charge in [-0.2, -0.15) is 12.6 Å². The van der Waals surface area contributed by atoms with Crippen LogP contribution in [0.15, 0.2) is 30.3 Å². The SMILES string of the molecule is CN(C)CCCNC(=O)CNC(=O)[C@H](CS)NC(=O)OCc1ccccc1. The van der Waals surface area contributed by atoms with E-state index < -0.39 is 18.0 Å². The van der Waals surface area contributed by atoms with Crippen molar-refractivity contribution in [3.63, 3.8) is 0 Å². The van der Waals surface area contributed by atoms with E-state index >= 15 is 0 Å². The van der Waals surface area contributed by atoms with Gasteiger partial charge in [-0.05, 0) is 32.6 Å². The first kappa shape index (κ1) is 22.8. The lowest BCUT2D eigenvalue weighted by atomic mass is 10.2. The number of amides is 3. The molecule has 0 radical (unpaired) electrons. The quantitative estimate of drug-likeness (QED) is 0.320. The molecule has 0 fully saturated rings. The van der Waals surface area contributed by atoms with E-state index in [1.54, 1.807) is 0 Å². The highest BCUT2D eigenvalue weighted by atomic mass is 32.1. The number of benzene rings is 1. The predicted molar refractivity (Wildman–Crippen MR) is 107 cm³/mol. The van der Waals surface area contributed by atoms with Crippen LogP contribution in [0.2, 0.25) is 0 Å². The van der Waals surface area contributed by atoms with Gasteiger partial charge in [0.2, 0.25) is 11.8 Å². The molecule has 27 heavy (non-hydrogen) atoms. The molecule has 0 saturated heterocycles. The number of thiol groups is 1. The van der Waals surface area contributed by atoms with E-state index in [1.807, 2.05) is 49.3 Å². The van der Waals surface area contributed by atoms with Crippen LogP contribution in [0.3, 0.4) is 0 Å². The van der Waals surface area contributed by atoms with Crippen LogP contribution < -0.4 is 16.0 Å². The summed E-state index contributed by atoms with van der Waals surface area (Å²) in [6, 6.07) is 8.31. The maximum atomic E-state index is 12.1. The van der Waals surface area contributed by atoms with E-state index in [4.69, 9.17) is 4.74 Å². The van der Waals surface area contributed by atoms with E-state index in [-0.39, 0.29) is 24.8 Å². The summed E-state index contributed by atoms with van der Waals surface area (Å²) < 4.78 is 5.07. The van der Waals surface area contributed by atoms with Crippen molar-refractivity contribution in [2.75, 3.05) is 39.5 Å². The largest absolute Gasteiger partial charge is 0.445 e. The lowest BCUT2D eigenvalue weighted by molar-refractivity contribution is -0.126. The van der Waals surface area contributed by atoms with Gasteiger partial charge in [-0.1, -0.05) is 30.3 Å². The predicted octanol–water partition coefficient (Wildman–Crippen LogP) is 0.395. The normalized spacial score (nSPS) is 11.6. The molecule has 0 aromatic heterocycles. The van der Waals surface area contributed by atoms with Gasteiger partial charge >= 0.3 is 6.09 Å². The van der Waals surface area contributed by atoms with Crippen molar-refractivity contribution < 1.29 is 19.1 Å². The topological polar surface area (TPSA) is 99.8 Å². The number of alkyl carbamates (subject to hydrolysis) is 1. The lowest BCUT2D eigenvalue weighted by Gasteiger charge is -2.16. The van der Waals surface area contributed by atoms with E-state index in [2.05, 4.69) is 28.6 Å². The summed E-state index contributed by atoms with van der Waals surface area (Å²) >= 11 is 4.06.